The molecule has 0 atom stereocenters. The molecular weight excluding hydrogens is 386 g/mol. The van der Waals surface area contributed by atoms with Gasteiger partial charge in [-0.05, 0) is 47.8 Å². The van der Waals surface area contributed by atoms with E-state index < -0.39 is 10.0 Å². The Morgan fingerprint density at radius 2 is 1.86 bits per heavy atom. The second-order valence-corrected chi connectivity index (χ2v) is 8.15. The van der Waals surface area contributed by atoms with Gasteiger partial charge in [0.2, 0.25) is 10.0 Å². The summed E-state index contributed by atoms with van der Waals surface area (Å²) in [4.78, 5) is 1.24. The first-order valence-electron chi connectivity index (χ1n) is 6.42. The highest BCUT2D eigenvalue weighted by Gasteiger charge is 2.14. The Kier molecular flexibility index (Phi) is 4.49. The highest BCUT2D eigenvalue weighted by Crippen LogP contribution is 2.26. The third-order valence-electron chi connectivity index (χ3n) is 2.99. The van der Waals surface area contributed by atoms with E-state index in [1.54, 1.807) is 41.7 Å². The molecule has 2 aromatic heterocycles. The normalized spacial score (nSPS) is 11.7. The Hall–Kier alpha value is -1.41. The summed E-state index contributed by atoms with van der Waals surface area (Å²) in [6.45, 7) is 0.115. The van der Waals surface area contributed by atoms with E-state index in [0.29, 0.717) is 5.76 Å². The summed E-state index contributed by atoms with van der Waals surface area (Å²) in [5.41, 5.74) is 0. The van der Waals surface area contributed by atoms with Gasteiger partial charge in [-0.2, -0.15) is 0 Å². The lowest BCUT2D eigenvalue weighted by Gasteiger charge is -2.05. The van der Waals surface area contributed by atoms with E-state index in [-0.39, 0.29) is 11.4 Å². The molecule has 3 aromatic rings. The fraction of sp³-hybridized carbons (Fsp3) is 0.0667. The van der Waals surface area contributed by atoms with Crippen molar-refractivity contribution < 1.29 is 12.8 Å². The van der Waals surface area contributed by atoms with Crippen LogP contribution in [0.1, 0.15) is 5.76 Å². The van der Waals surface area contributed by atoms with Crippen molar-refractivity contribution in [3.05, 3.63) is 64.1 Å². The maximum atomic E-state index is 12.2. The number of hydrogen-bond donors (Lipinski definition) is 1. The van der Waals surface area contributed by atoms with E-state index in [4.69, 9.17) is 4.42 Å². The first-order valence-corrected chi connectivity index (χ1v) is 9.58. The lowest BCUT2D eigenvalue weighted by Crippen LogP contribution is -2.22. The molecule has 0 fully saturated rings. The summed E-state index contributed by atoms with van der Waals surface area (Å²) < 4.78 is 33.4. The van der Waals surface area contributed by atoms with Crippen LogP contribution < -0.4 is 4.72 Å². The van der Waals surface area contributed by atoms with Crippen molar-refractivity contribution in [2.45, 2.75) is 11.4 Å². The summed E-state index contributed by atoms with van der Waals surface area (Å²) in [6.07, 6.45) is 0. The van der Waals surface area contributed by atoms with Crippen molar-refractivity contribution in [3.63, 3.8) is 0 Å². The molecule has 0 spiro atoms. The third kappa shape index (κ3) is 3.49. The van der Waals surface area contributed by atoms with Gasteiger partial charge in [0.25, 0.3) is 0 Å². The predicted octanol–water partition coefficient (Wildman–Crippen LogP) is 4.25. The van der Waals surface area contributed by atoms with Gasteiger partial charge in [-0.3, -0.25) is 0 Å². The van der Waals surface area contributed by atoms with Crippen LogP contribution in [0.3, 0.4) is 0 Å². The number of benzene rings is 1. The number of nitrogens with one attached hydrogen (secondary N) is 1. The number of sulfonamides is 1. The Balaban J connectivity index is 1.71. The summed E-state index contributed by atoms with van der Waals surface area (Å²) in [7, 11) is -3.55. The van der Waals surface area contributed by atoms with Gasteiger partial charge in [-0.1, -0.05) is 22.0 Å². The summed E-state index contributed by atoms with van der Waals surface area (Å²) in [6, 6.07) is 14.0. The molecule has 0 aliphatic heterocycles. The Morgan fingerprint density at radius 1 is 1.09 bits per heavy atom. The number of hydrogen-bond acceptors (Lipinski definition) is 4. The summed E-state index contributed by atoms with van der Waals surface area (Å²) in [5.74, 6) is 1.32. The molecule has 114 valence electrons. The first-order chi connectivity index (χ1) is 10.5. The Bertz CT molecular complexity index is 853. The molecule has 0 aliphatic rings. The molecular formula is C15H12BrNO3S2. The van der Waals surface area contributed by atoms with Crippen LogP contribution in [0.5, 0.6) is 0 Å². The molecule has 0 bridgehead atoms. The summed E-state index contributed by atoms with van der Waals surface area (Å²) >= 11 is 4.85. The van der Waals surface area contributed by atoms with Gasteiger partial charge in [-0.15, -0.1) is 11.3 Å². The minimum atomic E-state index is -3.55. The molecule has 22 heavy (non-hydrogen) atoms. The third-order valence-corrected chi connectivity index (χ3v) is 5.82. The molecule has 4 nitrogen and oxygen atoms in total. The number of thiophene rings is 1. The van der Waals surface area contributed by atoms with Crippen LogP contribution in [0.15, 0.2) is 67.7 Å². The fourth-order valence-corrected chi connectivity index (χ4v) is 3.83. The molecule has 0 radical (unpaired) electrons. The lowest BCUT2D eigenvalue weighted by atomic mass is 10.3. The molecule has 0 amide bonds. The van der Waals surface area contributed by atoms with Crippen LogP contribution >= 0.6 is 27.3 Å². The largest absolute Gasteiger partial charge is 0.459 e. The van der Waals surface area contributed by atoms with Crippen molar-refractivity contribution >= 4 is 37.3 Å². The van der Waals surface area contributed by atoms with E-state index in [1.807, 2.05) is 23.6 Å². The lowest BCUT2D eigenvalue weighted by molar-refractivity contribution is 0.510. The second-order valence-electron chi connectivity index (χ2n) is 4.52. The molecule has 0 saturated carbocycles. The SMILES string of the molecule is O=S(=O)(NCc1ccc(-c2cccs2)o1)c1ccc(Br)cc1. The molecule has 2 heterocycles. The van der Waals surface area contributed by atoms with Crippen LogP contribution in [-0.4, -0.2) is 8.42 Å². The van der Waals surface area contributed by atoms with Gasteiger partial charge in [0, 0.05) is 4.47 Å². The second kappa shape index (κ2) is 6.37. The van der Waals surface area contributed by atoms with Gasteiger partial charge in [0.05, 0.1) is 16.3 Å². The topological polar surface area (TPSA) is 59.3 Å². The smallest absolute Gasteiger partial charge is 0.240 e. The van der Waals surface area contributed by atoms with Crippen molar-refractivity contribution in [2.24, 2.45) is 0 Å². The zero-order valence-corrected chi connectivity index (χ0v) is 14.5. The first kappa shape index (κ1) is 15.5. The monoisotopic (exact) mass is 397 g/mol. The van der Waals surface area contributed by atoms with Crippen LogP contribution in [0.25, 0.3) is 10.6 Å². The van der Waals surface area contributed by atoms with Crippen LogP contribution in [0, 0.1) is 0 Å². The van der Waals surface area contributed by atoms with Crippen molar-refractivity contribution in [3.8, 4) is 10.6 Å². The van der Waals surface area contributed by atoms with E-state index in [0.717, 1.165) is 15.1 Å². The van der Waals surface area contributed by atoms with E-state index in [1.165, 1.54) is 0 Å². The molecule has 0 aliphatic carbocycles. The molecule has 0 saturated heterocycles. The highest BCUT2D eigenvalue weighted by molar-refractivity contribution is 9.10. The minimum Gasteiger partial charge on any atom is -0.459 e. The average Bonchev–Trinajstić information content (AvgIpc) is 3.17. The van der Waals surface area contributed by atoms with Gasteiger partial charge >= 0.3 is 0 Å². The van der Waals surface area contributed by atoms with E-state index in [2.05, 4.69) is 20.7 Å². The Morgan fingerprint density at radius 3 is 2.55 bits per heavy atom. The van der Waals surface area contributed by atoms with Gasteiger partial charge in [0.15, 0.2) is 0 Å². The van der Waals surface area contributed by atoms with Crippen molar-refractivity contribution in [1.82, 2.24) is 4.72 Å². The zero-order valence-electron chi connectivity index (χ0n) is 11.3. The Labute approximate surface area is 141 Å². The predicted molar refractivity (Wildman–Crippen MR) is 90.2 cm³/mol. The van der Waals surface area contributed by atoms with E-state index in [9.17, 15) is 8.42 Å². The molecule has 0 unspecified atom stereocenters. The van der Waals surface area contributed by atoms with Crippen molar-refractivity contribution in [2.75, 3.05) is 0 Å². The zero-order chi connectivity index (χ0) is 15.6. The van der Waals surface area contributed by atoms with Gasteiger partial charge in [-0.25, -0.2) is 13.1 Å². The van der Waals surface area contributed by atoms with Gasteiger partial charge in [0.1, 0.15) is 11.5 Å². The maximum Gasteiger partial charge on any atom is 0.240 e. The van der Waals surface area contributed by atoms with Gasteiger partial charge < -0.3 is 4.42 Å². The molecule has 1 N–H and O–H groups in total. The van der Waals surface area contributed by atoms with E-state index >= 15 is 0 Å². The number of furan rings is 1. The highest BCUT2D eigenvalue weighted by atomic mass is 79.9. The van der Waals surface area contributed by atoms with Crippen LogP contribution in [0.2, 0.25) is 0 Å². The minimum absolute atomic E-state index is 0.115. The quantitative estimate of drug-likeness (QED) is 0.699. The molecule has 7 heteroatoms. The standard InChI is InChI=1S/C15H12BrNO3S2/c16-11-3-6-13(7-4-11)22(18,19)17-10-12-5-8-14(20-12)15-2-1-9-21-15/h1-9,17H,10H2. The number of halogens is 1. The van der Waals surface area contributed by atoms with Crippen molar-refractivity contribution in [1.29, 1.82) is 0 Å². The fourth-order valence-electron chi connectivity index (χ4n) is 1.89. The van der Waals surface area contributed by atoms with Crippen LogP contribution in [0.4, 0.5) is 0 Å². The average molecular weight is 398 g/mol. The number of rotatable bonds is 5. The summed E-state index contributed by atoms with van der Waals surface area (Å²) in [5, 5.41) is 1.97. The molecule has 3 rings (SSSR count). The molecule has 1 aromatic carbocycles. The van der Waals surface area contributed by atoms with Crippen LogP contribution in [-0.2, 0) is 16.6 Å². The maximum absolute atomic E-state index is 12.2.